The zero-order chi connectivity index (χ0) is 65.0. The van der Waals surface area contributed by atoms with Crippen LogP contribution in [0.5, 0.6) is 11.5 Å². The van der Waals surface area contributed by atoms with Crippen molar-refractivity contribution < 1.29 is 46.5 Å². The number of hydrogen-bond donors (Lipinski definition) is 0. The van der Waals surface area contributed by atoms with E-state index in [1.165, 1.54) is 22.3 Å². The Morgan fingerprint density at radius 3 is 1.38 bits per heavy atom. The summed E-state index contributed by atoms with van der Waals surface area (Å²) < 4.78 is 63.1. The van der Waals surface area contributed by atoms with Crippen LogP contribution in [-0.2, 0) is 62.2 Å². The van der Waals surface area contributed by atoms with Crippen LogP contribution >= 0.6 is 23.2 Å². The van der Waals surface area contributed by atoms with Gasteiger partial charge in [0.1, 0.15) is 23.1 Å². The summed E-state index contributed by atoms with van der Waals surface area (Å²) in [7, 11) is -2.72. The highest BCUT2D eigenvalue weighted by atomic mass is 35.5. The third-order valence-corrected chi connectivity index (χ3v) is 27.8. The molecule has 4 aliphatic carbocycles. The number of amides is 2. The van der Waals surface area contributed by atoms with Crippen LogP contribution in [0.4, 0.5) is 11.4 Å². The van der Waals surface area contributed by atoms with Crippen molar-refractivity contribution in [3.8, 4) is 11.5 Å². The van der Waals surface area contributed by atoms with Gasteiger partial charge in [0.05, 0.1) is 67.8 Å². The second kappa shape index (κ2) is 29.3. The van der Waals surface area contributed by atoms with Crippen LogP contribution in [0.15, 0.2) is 106 Å². The maximum atomic E-state index is 14.5. The lowest BCUT2D eigenvalue weighted by Gasteiger charge is -2.46. The van der Waals surface area contributed by atoms with E-state index in [9.17, 15) is 27.6 Å². The topological polar surface area (TPSA) is 171 Å². The summed E-state index contributed by atoms with van der Waals surface area (Å²) in [5, 5.41) is 0.762. The fraction of sp³-hybridized carbons (Fsp3) is 0.568. The third kappa shape index (κ3) is 14.4. The number of Topliss-reactive ketones (excluding diaryl/α,β-unsaturated/α-hetero) is 2. The van der Waals surface area contributed by atoms with Crippen LogP contribution in [0.25, 0.3) is 0 Å². The molecule has 4 bridgehead atoms. The fourth-order valence-electron chi connectivity index (χ4n) is 16.2. The number of hydrogen-bond acceptors (Lipinski definition) is 12. The quantitative estimate of drug-likeness (QED) is 0.138. The second-order valence-electron chi connectivity index (χ2n) is 27.3. The zero-order valence-corrected chi connectivity index (χ0v) is 57.8. The van der Waals surface area contributed by atoms with Crippen LogP contribution < -0.4 is 19.3 Å². The van der Waals surface area contributed by atoms with Crippen LogP contribution in [-0.4, -0.2) is 120 Å². The number of carbonyl (C=O) groups excluding carboxylic acids is 4. The van der Waals surface area contributed by atoms with E-state index in [1.807, 2.05) is 50.2 Å². The zero-order valence-electron chi connectivity index (χ0n) is 54.7. The minimum Gasteiger partial charge on any atom is -0.490 e. The van der Waals surface area contributed by atoms with Crippen LogP contribution in [0.2, 0.25) is 10.0 Å². The molecular weight excluding hydrogens is 1240 g/mol. The monoisotopic (exact) mass is 1330 g/mol. The van der Waals surface area contributed by atoms with E-state index in [-0.39, 0.29) is 69.5 Å². The molecule has 12 rings (SSSR count). The molecule has 0 unspecified atom stereocenters. The average Bonchev–Trinajstić information content (AvgIpc) is 1.51. The van der Waals surface area contributed by atoms with Crippen LogP contribution in [0.3, 0.4) is 0 Å². The number of carbonyl (C=O) groups is 4. The summed E-state index contributed by atoms with van der Waals surface area (Å²) >= 11 is 12.9. The molecule has 14 nitrogen and oxygen atoms in total. The summed E-state index contributed by atoms with van der Waals surface area (Å²) in [6.07, 6.45) is 23.3. The van der Waals surface area contributed by atoms with Crippen molar-refractivity contribution in [2.45, 2.75) is 177 Å². The first kappa shape index (κ1) is 68.0. The first-order chi connectivity index (χ1) is 44.4. The Morgan fingerprint density at radius 2 is 1.01 bits per heavy atom. The predicted octanol–water partition coefficient (Wildman–Crippen LogP) is 15.1. The molecule has 0 N–H and O–H groups in total. The van der Waals surface area contributed by atoms with Crippen LogP contribution in [0, 0.1) is 23.7 Å². The Hall–Kier alpha value is -5.36. The standard InChI is InChI=1S/2C37H47ClN2O5S/c2*1-4-29(41)22-46(43)30(5-2)10-6-7-11-34(44-3)31-15-12-27(31)21-40-23-37(18-8-9-25-19-28(38)14-16-32(25)37)24-45-35-17-13-26(20-33(35)40)36(42)39-46/h2*7,11,13-14,16-17,19-20,27,30-31,34H,4-6,8-10,12,15,18,21-24H2,1-3H3/b2*11-7+/t27-,30+,31+,34-,37-,46+;27-,30+,31+,34-,37-,46-/m00/s1. The van der Waals surface area contributed by atoms with Crippen LogP contribution in [0.1, 0.15) is 173 Å². The van der Waals surface area contributed by atoms with Gasteiger partial charge in [0.25, 0.3) is 11.8 Å². The number of methoxy groups -OCH3 is 2. The maximum absolute atomic E-state index is 14.5. The van der Waals surface area contributed by atoms with E-state index in [0.717, 1.165) is 123 Å². The number of rotatable bonds is 10. The summed E-state index contributed by atoms with van der Waals surface area (Å²) in [6.45, 7) is 11.6. The number of allylic oxidation sites excluding steroid dienone is 2. The summed E-state index contributed by atoms with van der Waals surface area (Å²) in [5.41, 5.74) is 7.18. The molecule has 0 aromatic heterocycles. The Kier molecular flexibility index (Phi) is 21.7. The highest BCUT2D eigenvalue weighted by molar-refractivity contribution is 7.95. The molecule has 12 atom stereocenters. The first-order valence-electron chi connectivity index (χ1n) is 34.0. The number of ketones is 2. The maximum Gasteiger partial charge on any atom is 0.285 e. The minimum atomic E-state index is -3.14. The highest BCUT2D eigenvalue weighted by Gasteiger charge is 2.47. The van der Waals surface area contributed by atoms with E-state index in [2.05, 4.69) is 67.1 Å². The molecule has 0 radical (unpaired) electrons. The summed E-state index contributed by atoms with van der Waals surface area (Å²) in [4.78, 5) is 57.9. The van der Waals surface area contributed by atoms with Crippen molar-refractivity contribution in [1.82, 2.24) is 0 Å². The lowest BCUT2D eigenvalue weighted by molar-refractivity contribution is -0.117. The number of ether oxygens (including phenoxy) is 4. The van der Waals surface area contributed by atoms with Gasteiger partial charge in [-0.3, -0.25) is 19.2 Å². The van der Waals surface area contributed by atoms with E-state index >= 15 is 0 Å². The SMILES string of the molecule is CCC(=O)C[S@@]1(=O)=NC(=O)c2ccc3c(c2)N(C[C@@H]2CC[C@H]2[C@@H](OC)/C=C/CC[C@H]1CC)C[C@@]1(CCCc2cc(Cl)ccc21)CO3.CCC(=O)C[S@]1(=O)=NC(=O)c2ccc3c(c2)N(C[C@@H]2CC[C@H]2[C@@H](OC)/C=C/CC[C@H]1CC)C[C@@]1(CCCc2cc(Cl)ccc21)CO3. The molecule has 496 valence electrons. The van der Waals surface area contributed by atoms with Gasteiger partial charge in [-0.2, -0.15) is 8.73 Å². The molecule has 8 aliphatic rings. The van der Waals surface area contributed by atoms with Crippen molar-refractivity contribution in [2.75, 3.05) is 74.9 Å². The number of fused-ring (bicyclic) bond motifs is 8. The van der Waals surface area contributed by atoms with Crippen molar-refractivity contribution in [3.05, 3.63) is 141 Å². The van der Waals surface area contributed by atoms with Crippen molar-refractivity contribution in [2.24, 2.45) is 32.4 Å². The molecule has 4 aromatic carbocycles. The number of halogens is 2. The largest absolute Gasteiger partial charge is 0.490 e. The Bertz CT molecular complexity index is 3500. The lowest BCUT2D eigenvalue weighted by Crippen LogP contribution is -2.49. The molecule has 4 aliphatic heterocycles. The molecule has 2 spiro atoms. The summed E-state index contributed by atoms with van der Waals surface area (Å²) in [5.74, 6) is 1.34. The molecule has 4 aromatic rings. The fourth-order valence-corrected chi connectivity index (χ4v) is 21.6. The van der Waals surface area contributed by atoms with Gasteiger partial charge in [-0.1, -0.05) is 87.3 Å². The van der Waals surface area contributed by atoms with Gasteiger partial charge in [-0.25, -0.2) is 8.42 Å². The van der Waals surface area contributed by atoms with Gasteiger partial charge in [0, 0.05) is 95.7 Å². The van der Waals surface area contributed by atoms with Gasteiger partial charge in [0.2, 0.25) is 0 Å². The van der Waals surface area contributed by atoms with Crippen molar-refractivity contribution >= 4 is 77.4 Å². The van der Waals surface area contributed by atoms with Gasteiger partial charge < -0.3 is 28.7 Å². The molecule has 92 heavy (non-hydrogen) atoms. The van der Waals surface area contributed by atoms with Gasteiger partial charge in [-0.15, -0.1) is 0 Å². The molecule has 0 saturated heterocycles. The third-order valence-electron chi connectivity index (χ3n) is 21.7. The molecule has 18 heteroatoms. The number of aryl methyl sites for hydroxylation is 2. The molecule has 2 fully saturated rings. The highest BCUT2D eigenvalue weighted by Crippen LogP contribution is 2.50. The predicted molar refractivity (Wildman–Crippen MR) is 369 cm³/mol. The minimum absolute atomic E-state index is 0.00966. The van der Waals surface area contributed by atoms with Crippen molar-refractivity contribution in [3.63, 3.8) is 0 Å². The van der Waals surface area contributed by atoms with Gasteiger partial charge >= 0.3 is 0 Å². The Morgan fingerprint density at radius 1 is 0.587 bits per heavy atom. The normalized spacial score (nSPS) is 31.8. The Labute approximate surface area is 556 Å². The smallest absolute Gasteiger partial charge is 0.285 e. The summed E-state index contributed by atoms with van der Waals surface area (Å²) in [6, 6.07) is 23.5. The number of nitrogens with zero attached hydrogens (tertiary/aromatic N) is 4. The first-order valence-corrected chi connectivity index (χ1v) is 38.2. The number of anilines is 2. The van der Waals surface area contributed by atoms with E-state index in [0.29, 0.717) is 86.5 Å². The molecule has 2 amide bonds. The van der Waals surface area contributed by atoms with E-state index in [1.54, 1.807) is 40.2 Å². The Balaban J connectivity index is 0.000000188. The van der Waals surface area contributed by atoms with Crippen molar-refractivity contribution in [1.29, 1.82) is 0 Å². The average molecular weight is 1330 g/mol. The molecule has 4 heterocycles. The van der Waals surface area contributed by atoms with E-state index in [4.69, 9.17) is 42.1 Å². The number of benzene rings is 4. The lowest BCUT2D eigenvalue weighted by atomic mass is 9.68. The van der Waals surface area contributed by atoms with Gasteiger partial charge in [0.15, 0.2) is 0 Å². The molecular formula is C74H94Cl2N4O10S2. The second-order valence-corrected chi connectivity index (χ2v) is 33.2. The van der Waals surface area contributed by atoms with E-state index < -0.39 is 31.3 Å². The van der Waals surface area contributed by atoms with Gasteiger partial charge in [-0.05, 0) is 209 Å². The molecule has 2 saturated carbocycles.